The molecule has 0 aliphatic heterocycles. The van der Waals surface area contributed by atoms with E-state index in [0.29, 0.717) is 0 Å². The Hall–Kier alpha value is -2.62. The Balaban J connectivity index is 1.93. The molecule has 5 rings (SSSR count). The molecule has 0 aliphatic carbocycles. The second-order valence-corrected chi connectivity index (χ2v) is 7.32. The lowest BCUT2D eigenvalue weighted by atomic mass is 10.0. The van der Waals surface area contributed by atoms with Gasteiger partial charge in [-0.2, -0.15) is 0 Å². The number of rotatable bonds is 2. The molecule has 5 aromatic rings. The molecule has 0 amide bonds. The maximum atomic E-state index is 6.27. The van der Waals surface area contributed by atoms with E-state index >= 15 is 0 Å². The first-order valence-electron chi connectivity index (χ1n) is 8.02. The van der Waals surface area contributed by atoms with Crippen LogP contribution >= 0.6 is 22.9 Å². The molecule has 0 N–H and O–H groups in total. The van der Waals surface area contributed by atoms with Crippen LogP contribution in [0.4, 0.5) is 0 Å². The molecule has 0 aliphatic rings. The minimum atomic E-state index is 0.737. The summed E-state index contributed by atoms with van der Waals surface area (Å²) in [5.74, 6) is 0. The van der Waals surface area contributed by atoms with Crippen molar-refractivity contribution in [1.29, 1.82) is 0 Å². The van der Waals surface area contributed by atoms with E-state index in [1.54, 1.807) is 11.3 Å². The van der Waals surface area contributed by atoms with Crippen molar-refractivity contribution in [2.45, 2.75) is 0 Å². The van der Waals surface area contributed by atoms with Crippen LogP contribution in [0.3, 0.4) is 0 Å². The van der Waals surface area contributed by atoms with Crippen LogP contribution in [0.1, 0.15) is 0 Å². The summed E-state index contributed by atoms with van der Waals surface area (Å²) in [4.78, 5) is 5.95. The third kappa shape index (κ3) is 2.36. The third-order valence-corrected chi connectivity index (χ3v) is 5.56. The Morgan fingerprint density at radius 2 is 1.48 bits per heavy atom. The predicted molar refractivity (Wildman–Crippen MR) is 106 cm³/mol. The fourth-order valence-corrected chi connectivity index (χ4v) is 4.37. The van der Waals surface area contributed by atoms with E-state index in [1.807, 2.05) is 36.4 Å². The average Bonchev–Trinajstić information content (AvgIpc) is 3.19. The van der Waals surface area contributed by atoms with Crippen molar-refractivity contribution >= 4 is 38.1 Å². The molecule has 2 heterocycles. The Morgan fingerprint density at radius 1 is 0.800 bits per heavy atom. The standard InChI is InChI=1S/C21H13ClN2S/c22-16-11-12-18-17(13-16)24-20(15-9-5-2-6-10-15)19(23-21(24)25-18)14-7-3-1-4-8-14/h1-13H. The lowest BCUT2D eigenvalue weighted by Gasteiger charge is -2.06. The van der Waals surface area contributed by atoms with Crippen LogP contribution in [0.15, 0.2) is 78.9 Å². The molecule has 25 heavy (non-hydrogen) atoms. The molecule has 0 bridgehead atoms. The van der Waals surface area contributed by atoms with Gasteiger partial charge >= 0.3 is 0 Å². The number of nitrogens with zero attached hydrogens (tertiary/aromatic N) is 2. The maximum Gasteiger partial charge on any atom is 0.195 e. The molecule has 0 atom stereocenters. The molecule has 120 valence electrons. The molecule has 4 heteroatoms. The van der Waals surface area contributed by atoms with Gasteiger partial charge in [0.15, 0.2) is 4.96 Å². The van der Waals surface area contributed by atoms with Crippen molar-refractivity contribution < 1.29 is 0 Å². The number of hydrogen-bond acceptors (Lipinski definition) is 2. The zero-order valence-corrected chi connectivity index (χ0v) is 14.8. The van der Waals surface area contributed by atoms with Gasteiger partial charge < -0.3 is 0 Å². The van der Waals surface area contributed by atoms with Crippen molar-refractivity contribution in [1.82, 2.24) is 9.38 Å². The molecule has 2 nitrogen and oxygen atoms in total. The number of fused-ring (bicyclic) bond motifs is 3. The summed E-state index contributed by atoms with van der Waals surface area (Å²) in [6.45, 7) is 0. The van der Waals surface area contributed by atoms with Gasteiger partial charge in [0.1, 0.15) is 0 Å². The van der Waals surface area contributed by atoms with Crippen LogP contribution in [0.5, 0.6) is 0 Å². The normalized spacial score (nSPS) is 11.4. The van der Waals surface area contributed by atoms with Gasteiger partial charge in [0, 0.05) is 16.1 Å². The van der Waals surface area contributed by atoms with Crippen LogP contribution in [-0.4, -0.2) is 9.38 Å². The van der Waals surface area contributed by atoms with Crippen LogP contribution < -0.4 is 0 Å². The highest BCUT2D eigenvalue weighted by atomic mass is 35.5. The summed E-state index contributed by atoms with van der Waals surface area (Å²) < 4.78 is 3.41. The first-order valence-corrected chi connectivity index (χ1v) is 9.22. The van der Waals surface area contributed by atoms with E-state index in [4.69, 9.17) is 16.6 Å². The average molecular weight is 361 g/mol. The summed E-state index contributed by atoms with van der Waals surface area (Å²) in [5.41, 5.74) is 5.47. The fourth-order valence-electron chi connectivity index (χ4n) is 3.20. The quantitative estimate of drug-likeness (QED) is 0.349. The van der Waals surface area contributed by atoms with Gasteiger partial charge in [-0.15, -0.1) is 0 Å². The highest BCUT2D eigenvalue weighted by Crippen LogP contribution is 2.38. The fraction of sp³-hybridized carbons (Fsp3) is 0. The summed E-state index contributed by atoms with van der Waals surface area (Å²) in [7, 11) is 0. The van der Waals surface area contributed by atoms with Crippen LogP contribution in [-0.2, 0) is 0 Å². The van der Waals surface area contributed by atoms with Gasteiger partial charge in [-0.3, -0.25) is 4.40 Å². The second-order valence-electron chi connectivity index (χ2n) is 5.87. The summed E-state index contributed by atoms with van der Waals surface area (Å²) in [6, 6.07) is 26.8. The Bertz CT molecular complexity index is 1190. The topological polar surface area (TPSA) is 17.3 Å². The van der Waals surface area contributed by atoms with E-state index in [1.165, 1.54) is 4.70 Å². The highest BCUT2D eigenvalue weighted by molar-refractivity contribution is 7.23. The van der Waals surface area contributed by atoms with Gasteiger partial charge in [-0.25, -0.2) is 4.98 Å². The first-order chi connectivity index (χ1) is 12.3. The molecule has 0 unspecified atom stereocenters. The molecule has 3 aromatic carbocycles. The minimum absolute atomic E-state index is 0.737. The highest BCUT2D eigenvalue weighted by Gasteiger charge is 2.19. The number of halogens is 1. The monoisotopic (exact) mass is 360 g/mol. The van der Waals surface area contributed by atoms with Gasteiger partial charge in [-0.05, 0) is 18.2 Å². The number of aromatic nitrogens is 2. The van der Waals surface area contributed by atoms with E-state index in [2.05, 4.69) is 46.9 Å². The smallest absolute Gasteiger partial charge is 0.195 e. The molecule has 0 saturated heterocycles. The van der Waals surface area contributed by atoms with Crippen molar-refractivity contribution in [3.8, 4) is 22.5 Å². The second kappa shape index (κ2) is 5.73. The number of hydrogen-bond donors (Lipinski definition) is 0. The predicted octanol–water partition coefficient (Wildman–Crippen LogP) is 6.54. The summed E-state index contributed by atoms with van der Waals surface area (Å²) >= 11 is 7.96. The van der Waals surface area contributed by atoms with Crippen LogP contribution in [0, 0.1) is 0 Å². The molecule has 0 radical (unpaired) electrons. The van der Waals surface area contributed by atoms with Gasteiger partial charge in [0.05, 0.1) is 21.6 Å². The van der Waals surface area contributed by atoms with E-state index < -0.39 is 0 Å². The largest absolute Gasteiger partial charge is 0.282 e. The molecule has 0 spiro atoms. The van der Waals surface area contributed by atoms with Crippen LogP contribution in [0.2, 0.25) is 5.02 Å². The Kier molecular flexibility index (Phi) is 3.37. The van der Waals surface area contributed by atoms with Gasteiger partial charge in [0.2, 0.25) is 0 Å². The lowest BCUT2D eigenvalue weighted by Crippen LogP contribution is -1.89. The van der Waals surface area contributed by atoms with E-state index in [0.717, 1.165) is 38.0 Å². The van der Waals surface area contributed by atoms with Crippen molar-refractivity contribution in [3.05, 3.63) is 83.9 Å². The minimum Gasteiger partial charge on any atom is -0.282 e. The van der Waals surface area contributed by atoms with Gasteiger partial charge in [-0.1, -0.05) is 83.6 Å². The number of thiazole rings is 1. The summed E-state index contributed by atoms with van der Waals surface area (Å²) in [6.07, 6.45) is 0. The molecule has 0 saturated carbocycles. The van der Waals surface area contributed by atoms with Crippen molar-refractivity contribution in [2.24, 2.45) is 0 Å². The van der Waals surface area contributed by atoms with Gasteiger partial charge in [0.25, 0.3) is 0 Å². The first kappa shape index (κ1) is 14.7. The maximum absolute atomic E-state index is 6.27. The zero-order chi connectivity index (χ0) is 16.8. The zero-order valence-electron chi connectivity index (χ0n) is 13.2. The van der Waals surface area contributed by atoms with Crippen molar-refractivity contribution in [3.63, 3.8) is 0 Å². The molecular formula is C21H13ClN2S. The SMILES string of the molecule is Clc1ccc2sc3nc(-c4ccccc4)c(-c4ccccc4)n3c2c1. The summed E-state index contributed by atoms with van der Waals surface area (Å²) in [5, 5.41) is 0.737. The number of benzene rings is 3. The van der Waals surface area contributed by atoms with E-state index in [9.17, 15) is 0 Å². The van der Waals surface area contributed by atoms with Crippen LogP contribution in [0.25, 0.3) is 37.7 Å². The Morgan fingerprint density at radius 3 is 2.20 bits per heavy atom. The third-order valence-electron chi connectivity index (χ3n) is 4.30. The lowest BCUT2D eigenvalue weighted by molar-refractivity contribution is 1.30. The van der Waals surface area contributed by atoms with E-state index in [-0.39, 0.29) is 0 Å². The molecular weight excluding hydrogens is 348 g/mol. The molecule has 0 fully saturated rings. The Labute approximate surface area is 154 Å². The number of imidazole rings is 1. The van der Waals surface area contributed by atoms with Crippen molar-refractivity contribution in [2.75, 3.05) is 0 Å². The molecule has 2 aromatic heterocycles.